The minimum Gasteiger partial charge on any atom is -0.508 e. The Hall–Kier alpha value is -3.71. The van der Waals surface area contributed by atoms with Crippen molar-refractivity contribution < 1.29 is 34.8 Å². The molecule has 0 spiro atoms. The van der Waals surface area contributed by atoms with Crippen LogP contribution in [-0.4, -0.2) is 43.4 Å². The molecule has 4 N–H and O–H groups in total. The topological polar surface area (TPSA) is 132 Å². The van der Waals surface area contributed by atoms with E-state index in [0.717, 1.165) is 30.0 Å². The summed E-state index contributed by atoms with van der Waals surface area (Å²) in [4.78, 5) is 40.5. The number of fused-ring (bicyclic) bond motifs is 3. The molecule has 3 aliphatic rings. The van der Waals surface area contributed by atoms with Crippen LogP contribution in [0.1, 0.15) is 64.7 Å². The lowest BCUT2D eigenvalue weighted by atomic mass is 9.43. The Morgan fingerprint density at radius 1 is 1.07 bits per heavy atom. The second-order valence-corrected chi connectivity index (χ2v) is 12.5. The predicted octanol–water partition coefficient (Wildman–Crippen LogP) is 5.42. The molecule has 2 aromatic rings. The molecule has 1 unspecified atom stereocenters. The molecule has 0 bridgehead atoms. The SMILES string of the molecule is CCc1cccc(-c2ccc(O)c3c2C[C@]2(C)C[C@]4(C)C(C(C)C)C(=O)C(C(C)=O)=C(O)[C@]4(O)C(=O)C2=C3O)c1. The molecular weight excluding hydrogens is 508 g/mol. The molecule has 1 fully saturated rings. The van der Waals surface area contributed by atoms with Gasteiger partial charge in [-0.05, 0) is 60.4 Å². The van der Waals surface area contributed by atoms with Crippen molar-refractivity contribution in [1.82, 2.24) is 0 Å². The van der Waals surface area contributed by atoms with Crippen molar-refractivity contribution in [2.45, 2.75) is 66.4 Å². The number of rotatable bonds is 4. The van der Waals surface area contributed by atoms with Gasteiger partial charge in [-0.15, -0.1) is 0 Å². The van der Waals surface area contributed by atoms with Crippen molar-refractivity contribution in [2.75, 3.05) is 0 Å². The molecule has 0 amide bonds. The Morgan fingerprint density at radius 3 is 2.35 bits per heavy atom. The highest BCUT2D eigenvalue weighted by Gasteiger charge is 2.72. The van der Waals surface area contributed by atoms with Gasteiger partial charge in [0.25, 0.3) is 0 Å². The first kappa shape index (κ1) is 27.8. The largest absolute Gasteiger partial charge is 0.508 e. The number of aromatic hydroxyl groups is 1. The summed E-state index contributed by atoms with van der Waals surface area (Å²) in [5.74, 6) is -5.24. The summed E-state index contributed by atoms with van der Waals surface area (Å²) in [6.45, 7) is 10.2. The molecular formula is C33H36O7. The Kier molecular flexibility index (Phi) is 6.19. The van der Waals surface area contributed by atoms with E-state index in [9.17, 15) is 34.8 Å². The summed E-state index contributed by atoms with van der Waals surface area (Å²) in [7, 11) is 0. The number of aliphatic hydroxyl groups excluding tert-OH is 2. The summed E-state index contributed by atoms with van der Waals surface area (Å²) >= 11 is 0. The number of aliphatic hydroxyl groups is 3. The summed E-state index contributed by atoms with van der Waals surface area (Å²) in [5, 5.41) is 46.0. The molecule has 0 aromatic heterocycles. The van der Waals surface area contributed by atoms with Crippen LogP contribution in [0, 0.1) is 22.7 Å². The van der Waals surface area contributed by atoms with Gasteiger partial charge in [0.15, 0.2) is 17.2 Å². The van der Waals surface area contributed by atoms with E-state index >= 15 is 0 Å². The monoisotopic (exact) mass is 544 g/mol. The number of hydrogen-bond acceptors (Lipinski definition) is 7. The normalized spacial score (nSPS) is 29.9. The van der Waals surface area contributed by atoms with Crippen molar-refractivity contribution in [3.63, 3.8) is 0 Å². The van der Waals surface area contributed by atoms with Gasteiger partial charge in [0.2, 0.25) is 5.78 Å². The van der Waals surface area contributed by atoms with Crippen molar-refractivity contribution in [3.05, 3.63) is 70.0 Å². The fourth-order valence-electron chi connectivity index (χ4n) is 7.95. The highest BCUT2D eigenvalue weighted by Crippen LogP contribution is 2.65. The Morgan fingerprint density at radius 2 is 1.75 bits per heavy atom. The van der Waals surface area contributed by atoms with Crippen molar-refractivity contribution in [1.29, 1.82) is 0 Å². The lowest BCUT2D eigenvalue weighted by Gasteiger charge is -2.59. The average Bonchev–Trinajstić information content (AvgIpc) is 2.86. The van der Waals surface area contributed by atoms with E-state index in [-0.39, 0.29) is 35.6 Å². The van der Waals surface area contributed by atoms with E-state index in [2.05, 4.69) is 13.0 Å². The van der Waals surface area contributed by atoms with Crippen LogP contribution in [0.4, 0.5) is 0 Å². The highest BCUT2D eigenvalue weighted by molar-refractivity contribution is 6.24. The number of aryl methyl sites for hydroxylation is 1. The fourth-order valence-corrected chi connectivity index (χ4v) is 7.95. The molecule has 0 saturated heterocycles. The Bertz CT molecular complexity index is 1560. The number of hydrogen-bond donors (Lipinski definition) is 4. The van der Waals surface area contributed by atoms with Gasteiger partial charge in [-0.2, -0.15) is 0 Å². The minimum absolute atomic E-state index is 0.0645. The van der Waals surface area contributed by atoms with E-state index in [1.165, 1.54) is 6.07 Å². The number of carbonyl (C=O) groups is 3. The lowest BCUT2D eigenvalue weighted by molar-refractivity contribution is -0.178. The number of benzene rings is 2. The van der Waals surface area contributed by atoms with Gasteiger partial charge in [0, 0.05) is 22.3 Å². The number of phenolic OH excluding ortho intramolecular Hbond substituents is 1. The Labute approximate surface area is 233 Å². The molecule has 0 heterocycles. The quantitative estimate of drug-likeness (QED) is 0.378. The first-order chi connectivity index (χ1) is 18.6. The zero-order valence-corrected chi connectivity index (χ0v) is 23.8. The highest BCUT2D eigenvalue weighted by atomic mass is 16.3. The maximum Gasteiger partial charge on any atom is 0.203 e. The molecule has 3 aliphatic carbocycles. The fraction of sp³-hybridized carbons (Fsp3) is 0.424. The molecule has 7 nitrogen and oxygen atoms in total. The van der Waals surface area contributed by atoms with Crippen LogP contribution in [0.2, 0.25) is 0 Å². The van der Waals surface area contributed by atoms with E-state index in [4.69, 9.17) is 0 Å². The number of allylic oxidation sites excluding steroid dienone is 1. The molecule has 7 heteroatoms. The van der Waals surface area contributed by atoms with Crippen molar-refractivity contribution in [3.8, 4) is 16.9 Å². The Balaban J connectivity index is 1.82. The van der Waals surface area contributed by atoms with Gasteiger partial charge in [-0.1, -0.05) is 65.0 Å². The van der Waals surface area contributed by atoms with Crippen LogP contribution in [0.25, 0.3) is 16.9 Å². The number of Topliss-reactive ketones (excluding diaryl/α,β-unsaturated/α-hetero) is 3. The standard InChI is InChI=1S/C33H36O7/c1-7-18-9-8-10-19(13-18)20-11-12-22(35)24-21(20)14-31(5)15-32(6)25(16(2)3)27(36)23(17(4)34)29(38)33(32,40)30(39)26(31)28(24)37/h8-13,16,25,35,37-38,40H,7,14-15H2,1-6H3/t25?,31-,32-,33+/m1/s1. The summed E-state index contributed by atoms with van der Waals surface area (Å²) in [6, 6.07) is 11.2. The van der Waals surface area contributed by atoms with Gasteiger partial charge in [-0.25, -0.2) is 0 Å². The van der Waals surface area contributed by atoms with Gasteiger partial charge >= 0.3 is 0 Å². The summed E-state index contributed by atoms with van der Waals surface area (Å²) in [6.07, 6.45) is 1.13. The number of carbonyl (C=O) groups excluding carboxylic acids is 3. The van der Waals surface area contributed by atoms with Gasteiger partial charge in [0.1, 0.15) is 22.8 Å². The van der Waals surface area contributed by atoms with E-state index in [1.807, 2.05) is 25.1 Å². The van der Waals surface area contributed by atoms with Crippen LogP contribution < -0.4 is 0 Å². The molecule has 0 aliphatic heterocycles. The van der Waals surface area contributed by atoms with Crippen LogP contribution in [0.5, 0.6) is 5.75 Å². The van der Waals surface area contributed by atoms with Crippen LogP contribution in [-0.2, 0) is 27.2 Å². The van der Waals surface area contributed by atoms with E-state index < -0.39 is 56.8 Å². The van der Waals surface area contributed by atoms with Gasteiger partial charge in [0.05, 0.1) is 5.56 Å². The third-order valence-electron chi connectivity index (χ3n) is 9.53. The van der Waals surface area contributed by atoms with Crippen LogP contribution in [0.3, 0.4) is 0 Å². The molecule has 1 saturated carbocycles. The summed E-state index contributed by atoms with van der Waals surface area (Å²) < 4.78 is 0. The van der Waals surface area contributed by atoms with Gasteiger partial charge in [-0.3, -0.25) is 14.4 Å². The van der Waals surface area contributed by atoms with Crippen LogP contribution >= 0.6 is 0 Å². The zero-order valence-electron chi connectivity index (χ0n) is 23.8. The number of phenols is 1. The number of ketones is 3. The second kappa shape index (κ2) is 8.90. The predicted molar refractivity (Wildman–Crippen MR) is 151 cm³/mol. The zero-order chi connectivity index (χ0) is 29.5. The van der Waals surface area contributed by atoms with Crippen molar-refractivity contribution >= 4 is 23.1 Å². The third-order valence-corrected chi connectivity index (χ3v) is 9.53. The van der Waals surface area contributed by atoms with Gasteiger partial charge < -0.3 is 20.4 Å². The maximum absolute atomic E-state index is 14.4. The molecule has 5 rings (SSSR count). The third kappa shape index (κ3) is 3.43. The molecule has 0 radical (unpaired) electrons. The molecule has 210 valence electrons. The molecule has 4 atom stereocenters. The smallest absolute Gasteiger partial charge is 0.203 e. The molecule has 2 aromatic carbocycles. The lowest BCUT2D eigenvalue weighted by Crippen LogP contribution is -2.69. The maximum atomic E-state index is 14.4. The summed E-state index contributed by atoms with van der Waals surface area (Å²) in [5.41, 5.74) is -2.25. The van der Waals surface area contributed by atoms with Crippen molar-refractivity contribution in [2.24, 2.45) is 22.7 Å². The molecule has 40 heavy (non-hydrogen) atoms. The minimum atomic E-state index is -2.61. The first-order valence-electron chi connectivity index (χ1n) is 13.8. The average molecular weight is 545 g/mol. The van der Waals surface area contributed by atoms with E-state index in [0.29, 0.717) is 5.56 Å². The van der Waals surface area contributed by atoms with Crippen LogP contribution in [0.15, 0.2) is 53.3 Å². The van der Waals surface area contributed by atoms with E-state index in [1.54, 1.807) is 26.8 Å². The first-order valence-corrected chi connectivity index (χ1v) is 13.8. The second-order valence-electron chi connectivity index (χ2n) is 12.5.